The van der Waals surface area contributed by atoms with Gasteiger partial charge in [-0.1, -0.05) is 24.3 Å². The number of benzene rings is 2. The molecule has 2 atom stereocenters. The number of para-hydroxylation sites is 1. The third-order valence-corrected chi connectivity index (χ3v) is 6.24. The molecule has 8 nitrogen and oxygen atoms in total. The van der Waals surface area contributed by atoms with Gasteiger partial charge in [-0.3, -0.25) is 9.59 Å². The molecule has 1 aliphatic heterocycles. The number of halogens is 1. The Labute approximate surface area is 210 Å². The lowest BCUT2D eigenvalue weighted by Crippen LogP contribution is -2.56. The molecular weight excluding hydrogens is 468 g/mol. The average Bonchev–Trinajstić information content (AvgIpc) is 3.24. The standard InChI is InChI=1S/C26H30N4O4.ClH/c1-26(2,27)25(33)30-21(13-17-14-29-20-7-5-4-6-18(17)20)23(31)22-19-9-8-16(24(32)34-3)12-15(19)10-11-28-22;/h4-9,12,14,21-22,28-29H,10-11,13,27H2,1-3H3,(H,30,33);1H. The number of methoxy groups -OCH3 is 1. The van der Waals surface area contributed by atoms with Crippen LogP contribution in [0, 0.1) is 0 Å². The summed E-state index contributed by atoms with van der Waals surface area (Å²) < 4.78 is 4.83. The van der Waals surface area contributed by atoms with Gasteiger partial charge in [0, 0.05) is 30.1 Å². The number of aromatic amines is 1. The number of Topliss-reactive ketones (excluding diaryl/α,β-unsaturated/α-hetero) is 1. The molecule has 0 saturated carbocycles. The number of esters is 1. The van der Waals surface area contributed by atoms with Gasteiger partial charge >= 0.3 is 5.97 Å². The van der Waals surface area contributed by atoms with Crippen LogP contribution >= 0.6 is 12.4 Å². The summed E-state index contributed by atoms with van der Waals surface area (Å²) in [6.07, 6.45) is 2.87. The highest BCUT2D eigenvalue weighted by molar-refractivity contribution is 5.97. The van der Waals surface area contributed by atoms with Crippen LogP contribution in [0.2, 0.25) is 0 Å². The Bertz CT molecular complexity index is 1250. The molecule has 5 N–H and O–H groups in total. The summed E-state index contributed by atoms with van der Waals surface area (Å²) in [4.78, 5) is 41.8. The molecule has 0 saturated heterocycles. The van der Waals surface area contributed by atoms with Gasteiger partial charge < -0.3 is 26.1 Å². The van der Waals surface area contributed by atoms with E-state index in [-0.39, 0.29) is 18.2 Å². The highest BCUT2D eigenvalue weighted by atomic mass is 35.5. The summed E-state index contributed by atoms with van der Waals surface area (Å²) in [5, 5.41) is 7.18. The van der Waals surface area contributed by atoms with Crippen molar-refractivity contribution in [2.75, 3.05) is 13.7 Å². The van der Waals surface area contributed by atoms with Gasteiger partial charge in [0.2, 0.25) is 5.91 Å². The quantitative estimate of drug-likeness (QED) is 0.371. The van der Waals surface area contributed by atoms with Gasteiger partial charge in [-0.15, -0.1) is 12.4 Å². The Balaban J connectivity index is 0.00000342. The summed E-state index contributed by atoms with van der Waals surface area (Å²) >= 11 is 0. The first-order valence-corrected chi connectivity index (χ1v) is 11.3. The zero-order valence-electron chi connectivity index (χ0n) is 20.0. The fraction of sp³-hybridized carbons (Fsp3) is 0.346. The van der Waals surface area contributed by atoms with E-state index in [4.69, 9.17) is 10.5 Å². The van der Waals surface area contributed by atoms with Gasteiger partial charge in [0.1, 0.15) is 0 Å². The zero-order chi connectivity index (χ0) is 24.5. The molecule has 0 fully saturated rings. The first kappa shape index (κ1) is 26.4. The van der Waals surface area contributed by atoms with Crippen LogP contribution in [0.1, 0.15) is 46.9 Å². The Morgan fingerprint density at radius 2 is 1.94 bits per heavy atom. The van der Waals surface area contributed by atoms with Gasteiger partial charge in [-0.2, -0.15) is 0 Å². The maximum Gasteiger partial charge on any atom is 0.337 e. The molecule has 0 spiro atoms. The molecule has 0 radical (unpaired) electrons. The molecular formula is C26H31ClN4O4. The molecule has 35 heavy (non-hydrogen) atoms. The molecule has 1 aromatic heterocycles. The first-order chi connectivity index (χ1) is 16.2. The van der Waals surface area contributed by atoms with E-state index >= 15 is 0 Å². The molecule has 186 valence electrons. The number of nitrogens with one attached hydrogen (secondary N) is 3. The molecule has 2 unspecified atom stereocenters. The number of carbonyl (C=O) groups is 3. The minimum Gasteiger partial charge on any atom is -0.465 e. The number of ketones is 1. The van der Waals surface area contributed by atoms with E-state index in [1.165, 1.54) is 7.11 Å². The number of carbonyl (C=O) groups excluding carboxylic acids is 3. The van der Waals surface area contributed by atoms with Crippen LogP contribution in [0.4, 0.5) is 0 Å². The van der Waals surface area contributed by atoms with E-state index in [1.54, 1.807) is 32.0 Å². The van der Waals surface area contributed by atoms with E-state index in [0.29, 0.717) is 24.9 Å². The molecule has 0 bridgehead atoms. The molecule has 2 heterocycles. The fourth-order valence-corrected chi connectivity index (χ4v) is 4.35. The van der Waals surface area contributed by atoms with Crippen LogP contribution in [0.15, 0.2) is 48.7 Å². The van der Waals surface area contributed by atoms with Crippen molar-refractivity contribution in [1.82, 2.24) is 15.6 Å². The number of nitrogens with two attached hydrogens (primary N) is 1. The molecule has 1 amide bonds. The third kappa shape index (κ3) is 5.56. The number of hydrogen-bond acceptors (Lipinski definition) is 6. The largest absolute Gasteiger partial charge is 0.465 e. The summed E-state index contributed by atoms with van der Waals surface area (Å²) in [5.74, 6) is -0.976. The SMILES string of the molecule is COC(=O)c1ccc2c(c1)CCNC2C(=O)C(Cc1c[nH]c2ccccc12)NC(=O)C(C)(C)N.Cl. The van der Waals surface area contributed by atoms with Crippen molar-refractivity contribution in [3.63, 3.8) is 0 Å². The Morgan fingerprint density at radius 3 is 2.66 bits per heavy atom. The zero-order valence-corrected chi connectivity index (χ0v) is 20.8. The van der Waals surface area contributed by atoms with Crippen molar-refractivity contribution in [1.29, 1.82) is 0 Å². The lowest BCUT2D eigenvalue weighted by Gasteiger charge is -2.31. The molecule has 9 heteroatoms. The van der Waals surface area contributed by atoms with E-state index < -0.39 is 29.5 Å². The predicted octanol–water partition coefficient (Wildman–Crippen LogP) is 2.60. The second-order valence-electron chi connectivity index (χ2n) is 9.26. The number of aromatic nitrogens is 1. The van der Waals surface area contributed by atoms with Gasteiger partial charge in [-0.25, -0.2) is 4.79 Å². The van der Waals surface area contributed by atoms with Gasteiger partial charge in [-0.05, 0) is 55.2 Å². The monoisotopic (exact) mass is 498 g/mol. The van der Waals surface area contributed by atoms with Crippen molar-refractivity contribution in [2.24, 2.45) is 5.73 Å². The van der Waals surface area contributed by atoms with E-state index in [0.717, 1.165) is 27.6 Å². The van der Waals surface area contributed by atoms with Crippen LogP contribution < -0.4 is 16.4 Å². The topological polar surface area (TPSA) is 126 Å². The highest BCUT2D eigenvalue weighted by Crippen LogP contribution is 2.28. The van der Waals surface area contributed by atoms with E-state index in [2.05, 4.69) is 15.6 Å². The Morgan fingerprint density at radius 1 is 1.20 bits per heavy atom. The average molecular weight is 499 g/mol. The van der Waals surface area contributed by atoms with Gasteiger partial charge in [0.05, 0.1) is 30.3 Å². The molecule has 2 aromatic carbocycles. The number of amides is 1. The second-order valence-corrected chi connectivity index (χ2v) is 9.26. The third-order valence-electron chi connectivity index (χ3n) is 6.24. The second kappa shape index (κ2) is 10.6. The number of fused-ring (bicyclic) bond motifs is 2. The summed E-state index contributed by atoms with van der Waals surface area (Å²) in [7, 11) is 1.34. The first-order valence-electron chi connectivity index (χ1n) is 11.3. The number of ether oxygens (including phenoxy) is 1. The predicted molar refractivity (Wildman–Crippen MR) is 137 cm³/mol. The molecule has 4 rings (SSSR count). The Kier molecular flexibility index (Phi) is 8.00. The normalized spacial score (nSPS) is 16.1. The van der Waals surface area contributed by atoms with Crippen molar-refractivity contribution >= 4 is 41.0 Å². The number of hydrogen-bond donors (Lipinski definition) is 4. The van der Waals surface area contributed by atoms with Crippen molar-refractivity contribution in [3.8, 4) is 0 Å². The van der Waals surface area contributed by atoms with Gasteiger partial charge in [0.15, 0.2) is 5.78 Å². The van der Waals surface area contributed by atoms with Crippen LogP contribution in [0.25, 0.3) is 10.9 Å². The minimum absolute atomic E-state index is 0. The number of H-pyrrole nitrogens is 1. The highest BCUT2D eigenvalue weighted by Gasteiger charge is 2.35. The molecule has 0 aliphatic carbocycles. The molecule has 3 aromatic rings. The maximum atomic E-state index is 13.8. The van der Waals surface area contributed by atoms with Crippen molar-refractivity contribution in [2.45, 2.75) is 44.3 Å². The van der Waals surface area contributed by atoms with Crippen molar-refractivity contribution in [3.05, 3.63) is 70.9 Å². The summed E-state index contributed by atoms with van der Waals surface area (Å²) in [6.45, 7) is 3.79. The van der Waals surface area contributed by atoms with E-state index in [1.807, 2.05) is 30.5 Å². The smallest absolute Gasteiger partial charge is 0.337 e. The minimum atomic E-state index is -1.13. The lowest BCUT2D eigenvalue weighted by atomic mass is 9.86. The maximum absolute atomic E-state index is 13.8. The summed E-state index contributed by atoms with van der Waals surface area (Å²) in [5.41, 5.74) is 8.94. The van der Waals surface area contributed by atoms with Gasteiger partial charge in [0.25, 0.3) is 0 Å². The molecule has 1 aliphatic rings. The van der Waals surface area contributed by atoms with Crippen LogP contribution in [-0.4, -0.2) is 47.9 Å². The van der Waals surface area contributed by atoms with Crippen molar-refractivity contribution < 1.29 is 19.1 Å². The summed E-state index contributed by atoms with van der Waals surface area (Å²) in [6, 6.07) is 11.6. The van der Waals surface area contributed by atoms with E-state index in [9.17, 15) is 14.4 Å². The number of rotatable bonds is 7. The van der Waals surface area contributed by atoms with Crippen LogP contribution in [-0.2, 0) is 27.2 Å². The Hall–Kier alpha value is -3.20. The fourth-order valence-electron chi connectivity index (χ4n) is 4.35. The lowest BCUT2D eigenvalue weighted by molar-refractivity contribution is -0.131. The van der Waals surface area contributed by atoms with Crippen LogP contribution in [0.5, 0.6) is 0 Å². The van der Waals surface area contributed by atoms with Crippen LogP contribution in [0.3, 0.4) is 0 Å².